The second-order valence-corrected chi connectivity index (χ2v) is 3.78. The van der Waals surface area contributed by atoms with Gasteiger partial charge in [0.15, 0.2) is 0 Å². The van der Waals surface area contributed by atoms with Gasteiger partial charge in [0, 0.05) is 6.42 Å². The normalized spacial score (nSPS) is 28.1. The molecule has 0 aromatic carbocycles. The average Bonchev–Trinajstić information content (AvgIpc) is 2.48. The molecule has 0 N–H and O–H groups in total. The minimum absolute atomic E-state index is 0.261. The van der Waals surface area contributed by atoms with E-state index >= 15 is 0 Å². The molecule has 0 amide bonds. The fourth-order valence-corrected chi connectivity index (χ4v) is 2.13. The summed E-state index contributed by atoms with van der Waals surface area (Å²) in [7, 11) is 0. The summed E-state index contributed by atoms with van der Waals surface area (Å²) < 4.78 is 0. The highest BCUT2D eigenvalue weighted by molar-refractivity contribution is 5.75. The molecule has 0 saturated heterocycles. The van der Waals surface area contributed by atoms with Crippen molar-refractivity contribution in [3.63, 3.8) is 0 Å². The Morgan fingerprint density at radius 2 is 2.23 bits per heavy atom. The lowest BCUT2D eigenvalue weighted by molar-refractivity contribution is -0.118. The van der Waals surface area contributed by atoms with Crippen LogP contribution in [0.5, 0.6) is 0 Å². The third-order valence-corrected chi connectivity index (χ3v) is 2.70. The molecule has 2 nitrogen and oxygen atoms in total. The second-order valence-electron chi connectivity index (χ2n) is 3.78. The van der Waals surface area contributed by atoms with Crippen LogP contribution in [0.4, 0.5) is 0 Å². The molecule has 2 atom stereocenters. The zero-order chi connectivity index (χ0) is 9.68. The fourth-order valence-electron chi connectivity index (χ4n) is 2.13. The van der Waals surface area contributed by atoms with E-state index in [0.29, 0.717) is 18.3 Å². The first kappa shape index (κ1) is 10.2. The van der Waals surface area contributed by atoms with Crippen molar-refractivity contribution < 1.29 is 9.59 Å². The van der Waals surface area contributed by atoms with Gasteiger partial charge in [-0.2, -0.15) is 0 Å². The molecule has 1 saturated carbocycles. The summed E-state index contributed by atoms with van der Waals surface area (Å²) in [6, 6.07) is 0. The van der Waals surface area contributed by atoms with Crippen LogP contribution in [-0.4, -0.2) is 12.1 Å². The standard InChI is InChI=1S/C11H16O2/c1-9(13)8-11-5-2-4-10(11)6-3-7-12/h3,6-7,10-11H,2,4-5,8H2,1H3/b6-3+/t10-,11-/m1/s1. The number of aldehydes is 1. The molecule has 1 aliphatic rings. The third kappa shape index (κ3) is 3.13. The van der Waals surface area contributed by atoms with Gasteiger partial charge in [-0.15, -0.1) is 0 Å². The van der Waals surface area contributed by atoms with Crippen molar-refractivity contribution in [3.05, 3.63) is 12.2 Å². The predicted molar refractivity (Wildman–Crippen MR) is 51.3 cm³/mol. The van der Waals surface area contributed by atoms with E-state index in [4.69, 9.17) is 0 Å². The van der Waals surface area contributed by atoms with Gasteiger partial charge < -0.3 is 4.79 Å². The van der Waals surface area contributed by atoms with Crippen LogP contribution in [0.1, 0.15) is 32.6 Å². The first-order chi connectivity index (χ1) is 6.24. The van der Waals surface area contributed by atoms with Crippen LogP contribution >= 0.6 is 0 Å². The van der Waals surface area contributed by atoms with E-state index in [2.05, 4.69) is 0 Å². The van der Waals surface area contributed by atoms with Gasteiger partial charge in [0.25, 0.3) is 0 Å². The largest absolute Gasteiger partial charge is 0.300 e. The van der Waals surface area contributed by atoms with Gasteiger partial charge in [0.1, 0.15) is 12.1 Å². The maximum atomic E-state index is 10.9. The molecular formula is C11H16O2. The predicted octanol–water partition coefficient (Wildman–Crippen LogP) is 2.14. The number of allylic oxidation sites excluding steroid dienone is 2. The molecule has 0 spiro atoms. The van der Waals surface area contributed by atoms with E-state index in [1.54, 1.807) is 13.0 Å². The Balaban J connectivity index is 2.48. The van der Waals surface area contributed by atoms with E-state index in [1.165, 1.54) is 6.42 Å². The van der Waals surface area contributed by atoms with Crippen molar-refractivity contribution in [2.45, 2.75) is 32.6 Å². The van der Waals surface area contributed by atoms with Gasteiger partial charge >= 0.3 is 0 Å². The van der Waals surface area contributed by atoms with Gasteiger partial charge in [-0.25, -0.2) is 0 Å². The SMILES string of the molecule is CC(=O)C[C@H]1CCC[C@@H]1/C=C/C=O. The van der Waals surface area contributed by atoms with Crippen LogP contribution in [-0.2, 0) is 9.59 Å². The number of rotatable bonds is 4. The minimum Gasteiger partial charge on any atom is -0.300 e. The first-order valence-corrected chi connectivity index (χ1v) is 4.85. The summed E-state index contributed by atoms with van der Waals surface area (Å²) in [6.45, 7) is 1.64. The number of hydrogen-bond donors (Lipinski definition) is 0. The van der Waals surface area contributed by atoms with Crippen molar-refractivity contribution in [3.8, 4) is 0 Å². The Morgan fingerprint density at radius 3 is 2.85 bits per heavy atom. The lowest BCUT2D eigenvalue weighted by Gasteiger charge is -2.13. The quantitative estimate of drug-likeness (QED) is 0.490. The van der Waals surface area contributed by atoms with E-state index in [0.717, 1.165) is 19.1 Å². The van der Waals surface area contributed by atoms with Crippen LogP contribution in [0.25, 0.3) is 0 Å². The van der Waals surface area contributed by atoms with E-state index in [-0.39, 0.29) is 5.78 Å². The molecule has 0 heterocycles. The minimum atomic E-state index is 0.261. The summed E-state index contributed by atoms with van der Waals surface area (Å²) in [4.78, 5) is 21.1. The fraction of sp³-hybridized carbons (Fsp3) is 0.636. The molecule has 13 heavy (non-hydrogen) atoms. The molecular weight excluding hydrogens is 164 g/mol. The van der Waals surface area contributed by atoms with Crippen LogP contribution < -0.4 is 0 Å². The van der Waals surface area contributed by atoms with Crippen molar-refractivity contribution >= 4 is 12.1 Å². The monoisotopic (exact) mass is 180 g/mol. The molecule has 0 aliphatic heterocycles. The van der Waals surface area contributed by atoms with Crippen LogP contribution in [0.15, 0.2) is 12.2 Å². The van der Waals surface area contributed by atoms with Crippen LogP contribution in [0, 0.1) is 11.8 Å². The molecule has 0 unspecified atom stereocenters. The van der Waals surface area contributed by atoms with Gasteiger partial charge in [-0.3, -0.25) is 4.79 Å². The number of carbonyl (C=O) groups is 2. The zero-order valence-electron chi connectivity index (χ0n) is 8.03. The highest BCUT2D eigenvalue weighted by Crippen LogP contribution is 2.34. The van der Waals surface area contributed by atoms with Crippen LogP contribution in [0.3, 0.4) is 0 Å². The highest BCUT2D eigenvalue weighted by Gasteiger charge is 2.25. The summed E-state index contributed by atoms with van der Waals surface area (Å²) in [5.41, 5.74) is 0. The van der Waals surface area contributed by atoms with Gasteiger partial charge in [0.05, 0.1) is 0 Å². The lowest BCUT2D eigenvalue weighted by Crippen LogP contribution is -2.09. The summed E-state index contributed by atoms with van der Waals surface area (Å²) in [5, 5.41) is 0. The average molecular weight is 180 g/mol. The van der Waals surface area contributed by atoms with Crippen molar-refractivity contribution in [1.82, 2.24) is 0 Å². The van der Waals surface area contributed by atoms with Crippen molar-refractivity contribution in [1.29, 1.82) is 0 Å². The number of ketones is 1. The summed E-state index contributed by atoms with van der Waals surface area (Å²) >= 11 is 0. The van der Waals surface area contributed by atoms with E-state index in [1.807, 2.05) is 6.08 Å². The van der Waals surface area contributed by atoms with Gasteiger partial charge in [-0.05, 0) is 37.7 Å². The smallest absolute Gasteiger partial charge is 0.142 e. The molecule has 0 bridgehead atoms. The number of hydrogen-bond acceptors (Lipinski definition) is 2. The summed E-state index contributed by atoms with van der Waals surface area (Å²) in [6.07, 6.45) is 8.44. The van der Waals surface area contributed by atoms with Crippen molar-refractivity contribution in [2.75, 3.05) is 0 Å². The molecule has 0 radical (unpaired) electrons. The Morgan fingerprint density at radius 1 is 1.46 bits per heavy atom. The Hall–Kier alpha value is -0.920. The molecule has 0 aromatic rings. The molecule has 2 heteroatoms. The third-order valence-electron chi connectivity index (χ3n) is 2.70. The van der Waals surface area contributed by atoms with Gasteiger partial charge in [-0.1, -0.05) is 12.5 Å². The Kier molecular flexibility index (Phi) is 3.87. The summed E-state index contributed by atoms with van der Waals surface area (Å²) in [5.74, 6) is 1.19. The topological polar surface area (TPSA) is 34.1 Å². The van der Waals surface area contributed by atoms with Crippen molar-refractivity contribution in [2.24, 2.45) is 11.8 Å². The maximum Gasteiger partial charge on any atom is 0.142 e. The molecule has 72 valence electrons. The molecule has 0 aromatic heterocycles. The van der Waals surface area contributed by atoms with E-state index < -0.39 is 0 Å². The molecule has 1 aliphatic carbocycles. The van der Waals surface area contributed by atoms with E-state index in [9.17, 15) is 9.59 Å². The maximum absolute atomic E-state index is 10.9. The molecule has 1 rings (SSSR count). The number of Topliss-reactive ketones (excluding diaryl/α,β-unsaturated/α-hetero) is 1. The number of carbonyl (C=O) groups excluding carboxylic acids is 2. The molecule has 1 fully saturated rings. The second kappa shape index (κ2) is 4.95. The Bertz CT molecular complexity index is 218. The van der Waals surface area contributed by atoms with Crippen LogP contribution in [0.2, 0.25) is 0 Å². The first-order valence-electron chi connectivity index (χ1n) is 4.85. The Labute approximate surface area is 79.0 Å². The highest BCUT2D eigenvalue weighted by atomic mass is 16.1. The lowest BCUT2D eigenvalue weighted by atomic mass is 9.91. The zero-order valence-corrected chi connectivity index (χ0v) is 8.03. The van der Waals surface area contributed by atoms with Gasteiger partial charge in [0.2, 0.25) is 0 Å².